The van der Waals surface area contributed by atoms with E-state index >= 15 is 0 Å². The van der Waals surface area contributed by atoms with Gasteiger partial charge in [-0.25, -0.2) is 0 Å². The standard InChI is InChI=1S/C18H18N2O4/c21-15-9-11(16-4-3-7-24-16)8-14-12(15)10-13(17(22)19-14)18(23)20-5-1-2-6-20/h3-4,7,10-11H,1-2,5-6,8-9H2,(H,19,22)/t11-/m1/s1. The third-order valence-corrected chi connectivity index (χ3v) is 4.87. The van der Waals surface area contributed by atoms with Crippen LogP contribution in [0.1, 0.15) is 57.4 Å². The van der Waals surface area contributed by atoms with Gasteiger partial charge < -0.3 is 14.3 Å². The van der Waals surface area contributed by atoms with Gasteiger partial charge in [0.1, 0.15) is 11.3 Å². The molecule has 4 rings (SSSR count). The summed E-state index contributed by atoms with van der Waals surface area (Å²) in [5.41, 5.74) is 0.703. The van der Waals surface area contributed by atoms with Crippen LogP contribution in [0.3, 0.4) is 0 Å². The first-order valence-corrected chi connectivity index (χ1v) is 8.25. The van der Waals surface area contributed by atoms with E-state index in [1.807, 2.05) is 6.07 Å². The minimum atomic E-state index is -0.418. The Morgan fingerprint density at radius 1 is 1.21 bits per heavy atom. The number of hydrogen-bond acceptors (Lipinski definition) is 4. The largest absolute Gasteiger partial charge is 0.469 e. The monoisotopic (exact) mass is 326 g/mol. The summed E-state index contributed by atoms with van der Waals surface area (Å²) in [6, 6.07) is 5.11. The summed E-state index contributed by atoms with van der Waals surface area (Å²) in [5, 5.41) is 0. The number of rotatable bonds is 2. The molecular weight excluding hydrogens is 308 g/mol. The quantitative estimate of drug-likeness (QED) is 0.916. The van der Waals surface area contributed by atoms with Gasteiger partial charge >= 0.3 is 0 Å². The third kappa shape index (κ3) is 2.48. The van der Waals surface area contributed by atoms with Crippen LogP contribution in [-0.2, 0) is 6.42 Å². The molecule has 6 heteroatoms. The van der Waals surface area contributed by atoms with Crippen molar-refractivity contribution in [3.05, 3.63) is 57.4 Å². The lowest BCUT2D eigenvalue weighted by Gasteiger charge is -2.23. The van der Waals surface area contributed by atoms with Crippen LogP contribution >= 0.6 is 0 Å². The number of pyridine rings is 1. The smallest absolute Gasteiger partial charge is 0.261 e. The number of carbonyl (C=O) groups is 2. The molecular formula is C18H18N2O4. The Kier molecular flexibility index (Phi) is 3.59. The zero-order valence-electron chi connectivity index (χ0n) is 13.2. The highest BCUT2D eigenvalue weighted by molar-refractivity contribution is 6.02. The lowest BCUT2D eigenvalue weighted by atomic mass is 9.84. The molecule has 1 aliphatic carbocycles. The molecule has 1 saturated heterocycles. The highest BCUT2D eigenvalue weighted by atomic mass is 16.3. The van der Waals surface area contributed by atoms with Crippen molar-refractivity contribution in [2.24, 2.45) is 0 Å². The molecule has 3 heterocycles. The van der Waals surface area contributed by atoms with Gasteiger partial charge in [-0.05, 0) is 37.5 Å². The van der Waals surface area contributed by atoms with Gasteiger partial charge in [-0.3, -0.25) is 14.4 Å². The summed E-state index contributed by atoms with van der Waals surface area (Å²) < 4.78 is 5.39. The van der Waals surface area contributed by atoms with Crippen LogP contribution in [0.2, 0.25) is 0 Å². The number of amides is 1. The number of H-pyrrole nitrogens is 1. The Balaban J connectivity index is 1.68. The van der Waals surface area contributed by atoms with Crippen molar-refractivity contribution >= 4 is 11.7 Å². The van der Waals surface area contributed by atoms with Crippen LogP contribution in [0.4, 0.5) is 0 Å². The fourth-order valence-electron chi connectivity index (χ4n) is 3.60. The first-order valence-electron chi connectivity index (χ1n) is 8.25. The second-order valence-corrected chi connectivity index (χ2v) is 6.45. The van der Waals surface area contributed by atoms with Crippen molar-refractivity contribution in [1.82, 2.24) is 9.88 Å². The average Bonchev–Trinajstić information content (AvgIpc) is 3.27. The molecule has 0 spiro atoms. The molecule has 1 aliphatic heterocycles. The van der Waals surface area contributed by atoms with Crippen molar-refractivity contribution in [2.45, 2.75) is 31.6 Å². The molecule has 6 nitrogen and oxygen atoms in total. The number of hydrogen-bond donors (Lipinski definition) is 1. The van der Waals surface area contributed by atoms with Crippen molar-refractivity contribution < 1.29 is 14.0 Å². The summed E-state index contributed by atoms with van der Waals surface area (Å²) in [5.74, 6) is 0.324. The molecule has 2 aliphatic rings. The maximum Gasteiger partial charge on any atom is 0.261 e. The van der Waals surface area contributed by atoms with Crippen molar-refractivity contribution in [3.8, 4) is 0 Å². The Morgan fingerprint density at radius 3 is 2.71 bits per heavy atom. The molecule has 0 radical (unpaired) electrons. The number of likely N-dealkylation sites (tertiary alicyclic amines) is 1. The van der Waals surface area contributed by atoms with E-state index < -0.39 is 5.56 Å². The van der Waals surface area contributed by atoms with E-state index in [-0.39, 0.29) is 23.2 Å². The van der Waals surface area contributed by atoms with Crippen LogP contribution in [-0.4, -0.2) is 34.7 Å². The lowest BCUT2D eigenvalue weighted by molar-refractivity contribution is 0.0791. The Bertz CT molecular complexity index is 844. The fraction of sp³-hybridized carbons (Fsp3) is 0.389. The molecule has 2 aromatic rings. The van der Waals surface area contributed by atoms with E-state index in [4.69, 9.17) is 4.42 Å². The molecule has 124 valence electrons. The topological polar surface area (TPSA) is 83.4 Å². The minimum absolute atomic E-state index is 0.0654. The summed E-state index contributed by atoms with van der Waals surface area (Å²) in [4.78, 5) is 41.8. The first kappa shape index (κ1) is 14.9. The fourth-order valence-corrected chi connectivity index (χ4v) is 3.60. The second-order valence-electron chi connectivity index (χ2n) is 6.45. The van der Waals surface area contributed by atoms with Gasteiger partial charge in [-0.2, -0.15) is 0 Å². The Morgan fingerprint density at radius 2 is 2.00 bits per heavy atom. The SMILES string of the molecule is O=C1C[C@H](c2ccco2)Cc2[nH]c(=O)c(C(=O)N3CCCC3)cc21. The van der Waals surface area contributed by atoms with Crippen LogP contribution in [0.5, 0.6) is 0 Å². The summed E-state index contributed by atoms with van der Waals surface area (Å²) in [7, 11) is 0. The number of nitrogens with one attached hydrogen (secondary N) is 1. The number of Topliss-reactive ketones (excluding diaryl/α,β-unsaturated/α-hetero) is 1. The molecule has 2 aromatic heterocycles. The van der Waals surface area contributed by atoms with Crippen LogP contribution < -0.4 is 5.56 Å². The minimum Gasteiger partial charge on any atom is -0.469 e. The van der Waals surface area contributed by atoms with E-state index in [0.29, 0.717) is 37.2 Å². The highest BCUT2D eigenvalue weighted by Crippen LogP contribution is 2.31. The van der Waals surface area contributed by atoms with Gasteiger partial charge in [-0.1, -0.05) is 0 Å². The van der Waals surface area contributed by atoms with E-state index in [9.17, 15) is 14.4 Å². The summed E-state index contributed by atoms with van der Waals surface area (Å²) in [6.45, 7) is 1.34. The van der Waals surface area contributed by atoms with E-state index in [2.05, 4.69) is 4.98 Å². The second kappa shape index (κ2) is 5.78. The van der Waals surface area contributed by atoms with Crippen LogP contribution in [0.15, 0.2) is 33.7 Å². The normalized spacial score (nSPS) is 20.2. The summed E-state index contributed by atoms with van der Waals surface area (Å²) in [6.07, 6.45) is 4.35. The number of fused-ring (bicyclic) bond motifs is 1. The van der Waals surface area contributed by atoms with Gasteiger partial charge in [-0.15, -0.1) is 0 Å². The molecule has 1 amide bonds. The van der Waals surface area contributed by atoms with Crippen LogP contribution in [0, 0.1) is 0 Å². The molecule has 1 N–H and O–H groups in total. The third-order valence-electron chi connectivity index (χ3n) is 4.87. The Hall–Kier alpha value is -2.63. The molecule has 1 atom stereocenters. The predicted molar refractivity (Wildman–Crippen MR) is 86.3 cm³/mol. The van der Waals surface area contributed by atoms with E-state index in [1.165, 1.54) is 6.07 Å². The lowest BCUT2D eigenvalue weighted by Crippen LogP contribution is -2.34. The maximum atomic E-state index is 12.5. The molecule has 0 aromatic carbocycles. The predicted octanol–water partition coefficient (Wildman–Crippen LogP) is 2.12. The average molecular weight is 326 g/mol. The van der Waals surface area contributed by atoms with Gasteiger partial charge in [0.05, 0.1) is 6.26 Å². The molecule has 24 heavy (non-hydrogen) atoms. The number of furan rings is 1. The van der Waals surface area contributed by atoms with Crippen molar-refractivity contribution in [2.75, 3.05) is 13.1 Å². The maximum absolute atomic E-state index is 12.5. The molecule has 0 bridgehead atoms. The van der Waals surface area contributed by atoms with Gasteiger partial charge in [0.2, 0.25) is 0 Å². The Labute approximate surface area is 138 Å². The molecule has 0 unspecified atom stereocenters. The van der Waals surface area contributed by atoms with Gasteiger partial charge in [0, 0.05) is 36.7 Å². The van der Waals surface area contributed by atoms with E-state index in [0.717, 1.165) is 18.6 Å². The number of ketones is 1. The van der Waals surface area contributed by atoms with Crippen LogP contribution in [0.25, 0.3) is 0 Å². The molecule has 0 saturated carbocycles. The highest BCUT2D eigenvalue weighted by Gasteiger charge is 2.31. The zero-order chi connectivity index (χ0) is 16.7. The number of carbonyl (C=O) groups excluding carboxylic acids is 2. The molecule has 1 fully saturated rings. The van der Waals surface area contributed by atoms with Crippen molar-refractivity contribution in [3.63, 3.8) is 0 Å². The van der Waals surface area contributed by atoms with E-state index in [1.54, 1.807) is 17.2 Å². The van der Waals surface area contributed by atoms with Gasteiger partial charge in [0.25, 0.3) is 11.5 Å². The number of aromatic amines is 1. The van der Waals surface area contributed by atoms with Gasteiger partial charge in [0.15, 0.2) is 5.78 Å². The number of nitrogens with zero attached hydrogens (tertiary/aromatic N) is 1. The van der Waals surface area contributed by atoms with Crippen molar-refractivity contribution in [1.29, 1.82) is 0 Å². The number of aromatic nitrogens is 1. The first-order chi connectivity index (χ1) is 11.6. The zero-order valence-corrected chi connectivity index (χ0v) is 13.2. The summed E-state index contributed by atoms with van der Waals surface area (Å²) >= 11 is 0.